The van der Waals surface area contributed by atoms with Crippen LogP contribution in [0.25, 0.3) is 0 Å². The molecule has 4 nitrogen and oxygen atoms in total. The van der Waals surface area contributed by atoms with E-state index in [-0.39, 0.29) is 12.5 Å². The Kier molecular flexibility index (Phi) is 64.2. The largest absolute Gasteiger partial charge is 0.394 e. The summed E-state index contributed by atoms with van der Waals surface area (Å²) in [6, 6.07) is -0.535. The van der Waals surface area contributed by atoms with E-state index >= 15 is 0 Å². The van der Waals surface area contributed by atoms with Crippen molar-refractivity contribution >= 4 is 5.91 Å². The van der Waals surface area contributed by atoms with Gasteiger partial charge in [-0.15, -0.1) is 0 Å². The van der Waals surface area contributed by atoms with Crippen molar-refractivity contribution in [2.75, 3.05) is 6.61 Å². The summed E-state index contributed by atoms with van der Waals surface area (Å²) in [6.45, 7) is 4.29. The van der Waals surface area contributed by atoms with Crippen LogP contribution in [0.4, 0.5) is 0 Å². The molecule has 0 bridgehead atoms. The molecule has 436 valence electrons. The number of carbonyl (C=O) groups excluding carboxylic acids is 1. The van der Waals surface area contributed by atoms with Gasteiger partial charge in [-0.3, -0.25) is 4.79 Å². The molecule has 2 atom stereocenters. The van der Waals surface area contributed by atoms with Crippen LogP contribution in [0, 0.1) is 0 Å². The molecule has 0 aliphatic heterocycles. The number of aliphatic hydroxyl groups is 2. The van der Waals surface area contributed by atoms with E-state index in [2.05, 4.69) is 67.8 Å². The maximum atomic E-state index is 12.5. The van der Waals surface area contributed by atoms with Crippen molar-refractivity contribution in [3.63, 3.8) is 0 Å². The van der Waals surface area contributed by atoms with Gasteiger partial charge in [0.2, 0.25) is 5.91 Å². The molecular formula is C70H133NO3. The van der Waals surface area contributed by atoms with Crippen LogP contribution in [0.3, 0.4) is 0 Å². The summed E-state index contributed by atoms with van der Waals surface area (Å²) in [5.74, 6) is -0.0227. The fourth-order valence-electron chi connectivity index (χ4n) is 10.8. The van der Waals surface area contributed by atoms with Crippen molar-refractivity contribution in [1.82, 2.24) is 5.32 Å². The average molecular weight is 1040 g/mol. The Labute approximate surface area is 464 Å². The molecule has 0 saturated heterocycles. The van der Waals surface area contributed by atoms with Crippen LogP contribution in [0.1, 0.15) is 373 Å². The second kappa shape index (κ2) is 65.6. The maximum Gasteiger partial charge on any atom is 0.220 e. The fourth-order valence-corrected chi connectivity index (χ4v) is 10.8. The molecule has 3 N–H and O–H groups in total. The molecule has 4 heteroatoms. The molecule has 0 saturated carbocycles. The summed E-state index contributed by atoms with van der Waals surface area (Å²) in [7, 11) is 0. The quantitative estimate of drug-likeness (QED) is 0.0420. The molecule has 0 heterocycles. The number of rotatable bonds is 63. The van der Waals surface area contributed by atoms with Crippen molar-refractivity contribution in [2.24, 2.45) is 0 Å². The van der Waals surface area contributed by atoms with E-state index in [1.807, 2.05) is 0 Å². The third-order valence-corrected chi connectivity index (χ3v) is 15.9. The smallest absolute Gasteiger partial charge is 0.220 e. The van der Waals surface area contributed by atoms with Gasteiger partial charge in [0.05, 0.1) is 18.8 Å². The van der Waals surface area contributed by atoms with Crippen LogP contribution >= 0.6 is 0 Å². The van der Waals surface area contributed by atoms with Crippen LogP contribution in [0.2, 0.25) is 0 Å². The number of unbranched alkanes of at least 4 members (excludes halogenated alkanes) is 48. The molecule has 0 rings (SSSR count). The first kappa shape index (κ1) is 72.3. The minimum absolute atomic E-state index is 0.0227. The molecule has 0 aromatic heterocycles. The highest BCUT2D eigenvalue weighted by Crippen LogP contribution is 2.19. The molecule has 2 unspecified atom stereocenters. The highest BCUT2D eigenvalue weighted by atomic mass is 16.3. The Morgan fingerprint density at radius 2 is 0.595 bits per heavy atom. The van der Waals surface area contributed by atoms with Crippen molar-refractivity contribution in [3.05, 3.63) is 48.6 Å². The molecule has 1 amide bonds. The normalized spacial score (nSPS) is 13.0. The zero-order valence-electron chi connectivity index (χ0n) is 50.4. The number of amides is 1. The number of hydrogen-bond donors (Lipinski definition) is 3. The van der Waals surface area contributed by atoms with E-state index in [0.29, 0.717) is 12.8 Å². The van der Waals surface area contributed by atoms with Crippen molar-refractivity contribution in [3.8, 4) is 0 Å². The first-order valence-electron chi connectivity index (χ1n) is 33.8. The lowest BCUT2D eigenvalue weighted by Crippen LogP contribution is -2.45. The highest BCUT2D eigenvalue weighted by Gasteiger charge is 2.20. The number of aliphatic hydroxyl groups excluding tert-OH is 2. The van der Waals surface area contributed by atoms with E-state index < -0.39 is 12.1 Å². The Hall–Kier alpha value is -1.65. The predicted octanol–water partition coefficient (Wildman–Crippen LogP) is 22.9. The van der Waals surface area contributed by atoms with E-state index in [9.17, 15) is 15.0 Å². The minimum atomic E-state index is -0.658. The number of hydrogen-bond acceptors (Lipinski definition) is 3. The summed E-state index contributed by atoms with van der Waals surface area (Å²) >= 11 is 0. The molecule has 74 heavy (non-hydrogen) atoms. The first-order chi connectivity index (χ1) is 36.7. The summed E-state index contributed by atoms with van der Waals surface area (Å²) in [6.07, 6.45) is 91.6. The Balaban J connectivity index is 3.36. The summed E-state index contributed by atoms with van der Waals surface area (Å²) in [5, 5.41) is 23.4. The second-order valence-corrected chi connectivity index (χ2v) is 23.2. The highest BCUT2D eigenvalue weighted by molar-refractivity contribution is 5.76. The molecule has 0 aromatic rings. The predicted molar refractivity (Wildman–Crippen MR) is 331 cm³/mol. The van der Waals surface area contributed by atoms with Gasteiger partial charge in [-0.25, -0.2) is 0 Å². The average Bonchev–Trinajstić information content (AvgIpc) is 3.40. The monoisotopic (exact) mass is 1040 g/mol. The third kappa shape index (κ3) is 61.2. The van der Waals surface area contributed by atoms with Crippen LogP contribution in [-0.4, -0.2) is 34.9 Å². The van der Waals surface area contributed by atoms with E-state index in [1.165, 1.54) is 295 Å². The Morgan fingerprint density at radius 3 is 0.892 bits per heavy atom. The van der Waals surface area contributed by atoms with Gasteiger partial charge in [0, 0.05) is 6.42 Å². The van der Waals surface area contributed by atoms with Gasteiger partial charge in [-0.05, 0) is 51.4 Å². The van der Waals surface area contributed by atoms with Crippen molar-refractivity contribution < 1.29 is 15.0 Å². The molecule has 0 radical (unpaired) electrons. The lowest BCUT2D eigenvalue weighted by molar-refractivity contribution is -0.123. The lowest BCUT2D eigenvalue weighted by atomic mass is 10.0. The fraction of sp³-hybridized carbons (Fsp3) is 0.871. The van der Waals surface area contributed by atoms with Crippen LogP contribution < -0.4 is 5.32 Å². The van der Waals surface area contributed by atoms with Gasteiger partial charge >= 0.3 is 0 Å². The molecule has 0 aromatic carbocycles. The van der Waals surface area contributed by atoms with Gasteiger partial charge in [0.15, 0.2) is 0 Å². The van der Waals surface area contributed by atoms with Crippen molar-refractivity contribution in [1.29, 1.82) is 0 Å². The minimum Gasteiger partial charge on any atom is -0.394 e. The summed E-state index contributed by atoms with van der Waals surface area (Å²) in [5.41, 5.74) is 0. The van der Waals surface area contributed by atoms with E-state index in [0.717, 1.165) is 51.4 Å². The first-order valence-corrected chi connectivity index (χ1v) is 33.8. The second-order valence-electron chi connectivity index (χ2n) is 23.2. The molecule has 0 aliphatic carbocycles. The molecule has 0 aliphatic rings. The zero-order valence-corrected chi connectivity index (χ0v) is 50.4. The van der Waals surface area contributed by atoms with Gasteiger partial charge in [-0.1, -0.05) is 364 Å². The molecule has 0 fully saturated rings. The van der Waals surface area contributed by atoms with Crippen molar-refractivity contribution in [2.45, 2.75) is 386 Å². The lowest BCUT2D eigenvalue weighted by Gasteiger charge is -2.22. The van der Waals surface area contributed by atoms with Gasteiger partial charge < -0.3 is 15.5 Å². The zero-order chi connectivity index (χ0) is 53.4. The molecular weight excluding hydrogens is 903 g/mol. The number of carbonyl (C=O) groups is 1. The Morgan fingerprint density at radius 1 is 0.338 bits per heavy atom. The van der Waals surface area contributed by atoms with Crippen LogP contribution in [-0.2, 0) is 4.79 Å². The summed E-state index contributed by atoms with van der Waals surface area (Å²) in [4.78, 5) is 12.5. The van der Waals surface area contributed by atoms with E-state index in [1.54, 1.807) is 0 Å². The maximum absolute atomic E-state index is 12.5. The van der Waals surface area contributed by atoms with Crippen LogP contribution in [0.15, 0.2) is 48.6 Å². The summed E-state index contributed by atoms with van der Waals surface area (Å²) < 4.78 is 0. The molecule has 0 spiro atoms. The van der Waals surface area contributed by atoms with Gasteiger partial charge in [0.1, 0.15) is 0 Å². The topological polar surface area (TPSA) is 69.6 Å². The SMILES string of the molecule is CC/C=C\C/C=C\C/C=C\C/C=C\CCCCCCCCCCCCCCCCCCCCCCCCCCCCCCC(=O)NC(CO)C(O)CCCCCCCCCCCCCCCCCCCCCCC. The third-order valence-electron chi connectivity index (χ3n) is 15.9. The van der Waals surface area contributed by atoms with Crippen LogP contribution in [0.5, 0.6) is 0 Å². The number of nitrogens with one attached hydrogen (secondary N) is 1. The van der Waals surface area contributed by atoms with Gasteiger partial charge in [0.25, 0.3) is 0 Å². The van der Waals surface area contributed by atoms with Gasteiger partial charge in [-0.2, -0.15) is 0 Å². The standard InChI is InChI=1S/C70H133NO3/c1-3-5-7-9-11-13-15-17-19-21-23-25-26-27-28-29-30-31-32-33-34-35-36-37-38-39-40-41-42-43-44-46-48-50-52-54-56-58-60-62-64-66-70(74)71-68(67-72)69(73)65-63-61-59-57-55-53-51-49-47-45-24-22-20-18-16-14-12-10-8-6-4-2/h5,7,11,13,17,19,23,25,68-69,72-73H,3-4,6,8-10,12,14-16,18,20-22,24,26-67H2,1-2H3,(H,71,74)/b7-5-,13-11-,19-17-,25-23-. The van der Waals surface area contributed by atoms with E-state index in [4.69, 9.17) is 0 Å². The Bertz CT molecular complexity index is 1170. The number of allylic oxidation sites excluding steroid dienone is 8.